The van der Waals surface area contributed by atoms with Gasteiger partial charge in [0.15, 0.2) is 0 Å². The maximum atomic E-state index is 10.6. The molecule has 0 aliphatic heterocycles. The van der Waals surface area contributed by atoms with Crippen LogP contribution in [0.3, 0.4) is 0 Å². The zero-order chi connectivity index (χ0) is 11.5. The van der Waals surface area contributed by atoms with Crippen LogP contribution < -0.4 is 0 Å². The van der Waals surface area contributed by atoms with Crippen LogP contribution in [0.25, 0.3) is 0 Å². The van der Waals surface area contributed by atoms with Gasteiger partial charge in [-0.1, -0.05) is 18.2 Å². The Labute approximate surface area is 88.9 Å². The molecular weight excluding hydrogens is 218 g/mol. The zero-order valence-electron chi connectivity index (χ0n) is 8.35. The molecule has 15 heavy (non-hydrogen) atoms. The maximum Gasteiger partial charge on any atom is 0.348 e. The molecule has 5 nitrogen and oxygen atoms in total. The number of hydrogen-bond acceptors (Lipinski definition) is 3. The van der Waals surface area contributed by atoms with Crippen LogP contribution >= 0.6 is 7.60 Å². The molecule has 7 heteroatoms. The van der Waals surface area contributed by atoms with Crippen LogP contribution in [0.2, 0.25) is 5.82 Å². The third-order valence-corrected chi connectivity index (χ3v) is 2.89. The minimum atomic E-state index is -4.14. The van der Waals surface area contributed by atoms with Gasteiger partial charge in [-0.05, 0) is 12.2 Å². The molecule has 0 heterocycles. The van der Waals surface area contributed by atoms with Crippen molar-refractivity contribution in [1.82, 2.24) is 0 Å². The molecule has 0 aromatic carbocycles. The average Bonchev–Trinajstić information content (AvgIpc) is 2.14. The predicted octanol–water partition coefficient (Wildman–Crippen LogP) is 0.534. The summed E-state index contributed by atoms with van der Waals surface area (Å²) in [5.74, 6) is 0.838. The summed E-state index contributed by atoms with van der Waals surface area (Å²) in [5, 5.41) is 8.65. The van der Waals surface area contributed by atoms with E-state index in [-0.39, 0.29) is 5.92 Å². The summed E-state index contributed by atoms with van der Waals surface area (Å²) in [6.45, 7) is 0. The van der Waals surface area contributed by atoms with Crippen molar-refractivity contribution < 1.29 is 24.5 Å². The van der Waals surface area contributed by atoms with Gasteiger partial charge >= 0.3 is 7.60 Å². The van der Waals surface area contributed by atoms with Gasteiger partial charge in [-0.3, -0.25) is 9.82 Å². The van der Waals surface area contributed by atoms with Gasteiger partial charge in [0.1, 0.15) is 14.0 Å². The highest BCUT2D eigenvalue weighted by Crippen LogP contribution is 2.38. The van der Waals surface area contributed by atoms with Crippen molar-refractivity contribution in [2.75, 3.05) is 0 Å². The third-order valence-electron chi connectivity index (χ3n) is 2.33. The molecule has 0 fully saturated rings. The molecule has 3 unspecified atom stereocenters. The minimum absolute atomic E-state index is 0.293. The molecule has 0 saturated carbocycles. The quantitative estimate of drug-likeness (QED) is 0.217. The van der Waals surface area contributed by atoms with E-state index in [1.807, 2.05) is 13.9 Å². The Hall–Kier alpha value is -0.385. The van der Waals surface area contributed by atoms with Gasteiger partial charge in [0.05, 0.1) is 0 Å². The first-order valence-electron chi connectivity index (χ1n) is 4.65. The lowest BCUT2D eigenvalue weighted by molar-refractivity contribution is -0.285. The molecule has 0 aromatic heterocycles. The molecular formula is C8H14BO5P. The highest BCUT2D eigenvalue weighted by molar-refractivity contribution is 7.55. The Morgan fingerprint density at radius 2 is 2.13 bits per heavy atom. The van der Waals surface area contributed by atoms with Crippen LogP contribution in [0, 0.1) is 5.92 Å². The standard InChI is InChI=1S/C8H14BO5P/c9-7-2-1-6(8(5-7)14-10)3-4-15(11,12)13/h1-4,6-8,10H,5,9H2,(H2,11,12,13)/b4-3+. The molecule has 0 aromatic rings. The SMILES string of the molecule is BC1C=CC(/C=C/P(=O)(O)O)C(OO)C1. The van der Waals surface area contributed by atoms with E-state index in [1.165, 1.54) is 6.08 Å². The lowest BCUT2D eigenvalue weighted by Crippen LogP contribution is -2.24. The maximum absolute atomic E-state index is 10.6. The smallest absolute Gasteiger partial charge is 0.321 e. The van der Waals surface area contributed by atoms with E-state index in [0.717, 1.165) is 5.82 Å². The average molecular weight is 232 g/mol. The van der Waals surface area contributed by atoms with Crippen LogP contribution in [-0.4, -0.2) is 29.0 Å². The van der Waals surface area contributed by atoms with Gasteiger partial charge in [0, 0.05) is 11.7 Å². The Morgan fingerprint density at radius 1 is 1.47 bits per heavy atom. The van der Waals surface area contributed by atoms with Crippen LogP contribution in [0.15, 0.2) is 24.0 Å². The fraction of sp³-hybridized carbons (Fsp3) is 0.500. The summed E-state index contributed by atoms with van der Waals surface area (Å²) in [5.41, 5.74) is 0. The van der Waals surface area contributed by atoms with Gasteiger partial charge in [-0.2, -0.15) is 0 Å². The summed E-state index contributed by atoms with van der Waals surface area (Å²) < 4.78 is 10.6. The van der Waals surface area contributed by atoms with Crippen LogP contribution in [0.1, 0.15) is 6.42 Å². The van der Waals surface area contributed by atoms with Crippen molar-refractivity contribution in [1.29, 1.82) is 0 Å². The Balaban J connectivity index is 2.72. The molecule has 84 valence electrons. The van der Waals surface area contributed by atoms with Crippen LogP contribution in [-0.2, 0) is 9.45 Å². The number of rotatable bonds is 3. The van der Waals surface area contributed by atoms with Crippen LogP contribution in [0.5, 0.6) is 0 Å². The van der Waals surface area contributed by atoms with E-state index in [0.29, 0.717) is 12.2 Å². The Kier molecular flexibility index (Phi) is 4.31. The highest BCUT2D eigenvalue weighted by atomic mass is 31.2. The van der Waals surface area contributed by atoms with Gasteiger partial charge < -0.3 is 9.79 Å². The predicted molar refractivity (Wildman–Crippen MR) is 58.2 cm³/mol. The lowest BCUT2D eigenvalue weighted by Gasteiger charge is -2.25. The van der Waals surface area contributed by atoms with E-state index in [2.05, 4.69) is 4.89 Å². The van der Waals surface area contributed by atoms with Crippen LogP contribution in [0.4, 0.5) is 0 Å². The van der Waals surface area contributed by atoms with E-state index < -0.39 is 13.7 Å². The van der Waals surface area contributed by atoms with Crippen molar-refractivity contribution in [3.05, 3.63) is 24.0 Å². The first kappa shape index (κ1) is 12.7. The van der Waals surface area contributed by atoms with Crippen molar-refractivity contribution in [2.45, 2.75) is 18.3 Å². The molecule has 3 atom stereocenters. The van der Waals surface area contributed by atoms with Crippen molar-refractivity contribution in [3.63, 3.8) is 0 Å². The molecule has 0 radical (unpaired) electrons. The summed E-state index contributed by atoms with van der Waals surface area (Å²) in [6.07, 6.45) is 5.27. The normalized spacial score (nSPS) is 32.3. The van der Waals surface area contributed by atoms with Gasteiger partial charge in [0.25, 0.3) is 0 Å². The fourth-order valence-electron chi connectivity index (χ4n) is 1.56. The van der Waals surface area contributed by atoms with Gasteiger partial charge in [-0.15, -0.1) is 0 Å². The molecule has 0 saturated heterocycles. The summed E-state index contributed by atoms with van der Waals surface area (Å²) in [4.78, 5) is 21.6. The summed E-state index contributed by atoms with van der Waals surface area (Å²) in [7, 11) is -2.16. The molecule has 0 amide bonds. The van der Waals surface area contributed by atoms with Crippen molar-refractivity contribution in [2.24, 2.45) is 5.92 Å². The molecule has 0 spiro atoms. The second-order valence-corrected chi connectivity index (χ2v) is 5.23. The molecule has 1 aliphatic rings. The Morgan fingerprint density at radius 3 is 2.67 bits per heavy atom. The molecule has 0 bridgehead atoms. The van der Waals surface area contributed by atoms with Crippen molar-refractivity contribution >= 4 is 15.4 Å². The van der Waals surface area contributed by atoms with Crippen molar-refractivity contribution in [3.8, 4) is 0 Å². The number of allylic oxidation sites excluding steroid dienone is 1. The van der Waals surface area contributed by atoms with E-state index in [4.69, 9.17) is 15.0 Å². The van der Waals surface area contributed by atoms with E-state index in [1.54, 1.807) is 6.08 Å². The van der Waals surface area contributed by atoms with E-state index >= 15 is 0 Å². The topological polar surface area (TPSA) is 87.0 Å². The first-order valence-corrected chi connectivity index (χ1v) is 6.33. The second-order valence-electron chi connectivity index (χ2n) is 3.75. The fourth-order valence-corrected chi connectivity index (χ4v) is 1.98. The monoisotopic (exact) mass is 232 g/mol. The number of hydrogen-bond donors (Lipinski definition) is 3. The summed E-state index contributed by atoms with van der Waals surface area (Å²) in [6, 6.07) is 0. The van der Waals surface area contributed by atoms with Gasteiger partial charge in [0.2, 0.25) is 0 Å². The second kappa shape index (κ2) is 5.10. The van der Waals surface area contributed by atoms with E-state index in [9.17, 15) is 4.57 Å². The highest BCUT2D eigenvalue weighted by Gasteiger charge is 2.24. The summed E-state index contributed by atoms with van der Waals surface area (Å²) >= 11 is 0. The minimum Gasteiger partial charge on any atom is -0.321 e. The third kappa shape index (κ3) is 4.32. The molecule has 3 N–H and O–H groups in total. The lowest BCUT2D eigenvalue weighted by atomic mass is 9.75. The first-order chi connectivity index (χ1) is 6.92. The van der Waals surface area contributed by atoms with Gasteiger partial charge in [-0.25, -0.2) is 4.89 Å². The largest absolute Gasteiger partial charge is 0.348 e. The molecule has 1 rings (SSSR count). The molecule has 1 aliphatic carbocycles. The Bertz CT molecular complexity index is 310. The zero-order valence-corrected chi connectivity index (χ0v) is 9.25.